The van der Waals surface area contributed by atoms with E-state index in [1.165, 1.54) is 0 Å². The van der Waals surface area contributed by atoms with Crippen LogP contribution in [0, 0.1) is 0 Å². The number of hydrogen-bond acceptors (Lipinski definition) is 2. The number of benzene rings is 1. The number of aryl methyl sites for hydroxylation is 1. The van der Waals surface area contributed by atoms with Gasteiger partial charge in [0.2, 0.25) is 0 Å². The van der Waals surface area contributed by atoms with E-state index in [0.717, 1.165) is 9.37 Å². The summed E-state index contributed by atoms with van der Waals surface area (Å²) in [6.45, 7) is 0. The van der Waals surface area contributed by atoms with Crippen molar-refractivity contribution in [2.24, 2.45) is 7.05 Å². The molecule has 0 saturated heterocycles. The average molecular weight is 341 g/mol. The Bertz CT molecular complexity index is 635. The van der Waals surface area contributed by atoms with Crippen molar-refractivity contribution < 1.29 is 9.00 Å². The molecule has 0 saturated carbocycles. The van der Waals surface area contributed by atoms with Crippen LogP contribution in [0.25, 0.3) is 0 Å². The standard InChI is InChI=1S/C13H13BrN2O2S/c1-16-8-9(14)7-12(16)13(17)15-10-3-5-11(6-4-10)19(2)18/h3-8H,1-2H3,(H,15,17). The van der Waals surface area contributed by atoms with Crippen molar-refractivity contribution in [3.8, 4) is 0 Å². The maximum absolute atomic E-state index is 12.1. The third-order valence-electron chi connectivity index (χ3n) is 2.65. The molecule has 19 heavy (non-hydrogen) atoms. The zero-order chi connectivity index (χ0) is 14.0. The van der Waals surface area contributed by atoms with E-state index in [1.807, 2.05) is 13.2 Å². The van der Waals surface area contributed by atoms with Crippen molar-refractivity contribution in [1.82, 2.24) is 4.57 Å². The summed E-state index contributed by atoms with van der Waals surface area (Å²) in [7, 11) is 0.799. The second kappa shape index (κ2) is 5.71. The van der Waals surface area contributed by atoms with Crippen molar-refractivity contribution in [3.63, 3.8) is 0 Å². The number of carbonyl (C=O) groups is 1. The summed E-state index contributed by atoms with van der Waals surface area (Å²) < 4.78 is 13.9. The van der Waals surface area contributed by atoms with Gasteiger partial charge in [0.15, 0.2) is 0 Å². The molecular weight excluding hydrogens is 328 g/mol. The topological polar surface area (TPSA) is 51.1 Å². The van der Waals surface area contributed by atoms with Crippen LogP contribution in [0.3, 0.4) is 0 Å². The monoisotopic (exact) mass is 340 g/mol. The molecule has 100 valence electrons. The number of nitrogens with zero attached hydrogens (tertiary/aromatic N) is 1. The average Bonchev–Trinajstić information content (AvgIpc) is 2.69. The lowest BCUT2D eigenvalue weighted by molar-refractivity contribution is 0.101. The predicted molar refractivity (Wildman–Crippen MR) is 79.8 cm³/mol. The predicted octanol–water partition coefficient (Wildman–Crippen LogP) is 2.78. The SMILES string of the molecule is Cn1cc(Br)cc1C(=O)Nc1ccc(S(C)=O)cc1. The fourth-order valence-electron chi connectivity index (χ4n) is 1.67. The summed E-state index contributed by atoms with van der Waals surface area (Å²) >= 11 is 3.33. The minimum Gasteiger partial charge on any atom is -0.345 e. The first-order valence-electron chi connectivity index (χ1n) is 5.54. The molecule has 0 aliphatic heterocycles. The van der Waals surface area contributed by atoms with Crippen LogP contribution >= 0.6 is 15.9 Å². The summed E-state index contributed by atoms with van der Waals surface area (Å²) in [4.78, 5) is 12.8. The van der Waals surface area contributed by atoms with E-state index in [1.54, 1.807) is 41.2 Å². The molecule has 6 heteroatoms. The molecule has 0 aliphatic carbocycles. The van der Waals surface area contributed by atoms with Crippen LogP contribution in [0.2, 0.25) is 0 Å². The van der Waals surface area contributed by atoms with E-state index in [0.29, 0.717) is 11.4 Å². The van der Waals surface area contributed by atoms with Crippen molar-refractivity contribution in [1.29, 1.82) is 0 Å². The van der Waals surface area contributed by atoms with Gasteiger partial charge in [-0.2, -0.15) is 0 Å². The molecule has 1 aromatic heterocycles. The van der Waals surface area contributed by atoms with Gasteiger partial charge in [-0.15, -0.1) is 0 Å². The first-order chi connectivity index (χ1) is 8.97. The number of hydrogen-bond donors (Lipinski definition) is 1. The van der Waals surface area contributed by atoms with E-state index >= 15 is 0 Å². The van der Waals surface area contributed by atoms with Gasteiger partial charge >= 0.3 is 0 Å². The third kappa shape index (κ3) is 3.33. The Morgan fingerprint density at radius 3 is 2.42 bits per heavy atom. The number of nitrogens with one attached hydrogen (secondary N) is 1. The molecule has 0 aliphatic rings. The van der Waals surface area contributed by atoms with Gasteiger partial charge < -0.3 is 9.88 Å². The molecule has 1 heterocycles. The van der Waals surface area contributed by atoms with Crippen molar-refractivity contribution in [2.75, 3.05) is 11.6 Å². The van der Waals surface area contributed by atoms with Gasteiger partial charge in [-0.1, -0.05) is 0 Å². The van der Waals surface area contributed by atoms with Crippen molar-refractivity contribution in [2.45, 2.75) is 4.90 Å². The van der Waals surface area contributed by atoms with Crippen LogP contribution in [0.4, 0.5) is 5.69 Å². The summed E-state index contributed by atoms with van der Waals surface area (Å²) in [6, 6.07) is 8.73. The number of anilines is 1. The first kappa shape index (κ1) is 14.0. The molecule has 0 radical (unpaired) electrons. The lowest BCUT2D eigenvalue weighted by Gasteiger charge is -2.06. The van der Waals surface area contributed by atoms with Gasteiger partial charge in [0, 0.05) is 45.4 Å². The van der Waals surface area contributed by atoms with Gasteiger partial charge in [-0.3, -0.25) is 9.00 Å². The highest BCUT2D eigenvalue weighted by atomic mass is 79.9. The molecule has 1 unspecified atom stereocenters. The summed E-state index contributed by atoms with van der Waals surface area (Å²) in [6.07, 6.45) is 3.44. The molecule has 0 spiro atoms. The Kier molecular flexibility index (Phi) is 4.21. The molecule has 1 N–H and O–H groups in total. The van der Waals surface area contributed by atoms with E-state index in [4.69, 9.17) is 0 Å². The van der Waals surface area contributed by atoms with Crippen LogP contribution in [-0.4, -0.2) is 20.9 Å². The highest BCUT2D eigenvalue weighted by Crippen LogP contribution is 2.16. The summed E-state index contributed by atoms with van der Waals surface area (Å²) in [5.41, 5.74) is 1.24. The number of carbonyl (C=O) groups excluding carboxylic acids is 1. The second-order valence-electron chi connectivity index (χ2n) is 4.09. The van der Waals surface area contributed by atoms with Gasteiger partial charge in [-0.25, -0.2) is 0 Å². The minimum absolute atomic E-state index is 0.182. The summed E-state index contributed by atoms with van der Waals surface area (Å²) in [5.74, 6) is -0.182. The third-order valence-corrected chi connectivity index (χ3v) is 4.02. The number of amides is 1. The Labute approximate surface area is 122 Å². The summed E-state index contributed by atoms with van der Waals surface area (Å²) in [5, 5.41) is 2.80. The van der Waals surface area contributed by atoms with Crippen LogP contribution in [0.5, 0.6) is 0 Å². The largest absolute Gasteiger partial charge is 0.345 e. The molecule has 4 nitrogen and oxygen atoms in total. The second-order valence-corrected chi connectivity index (χ2v) is 6.38. The fourth-order valence-corrected chi connectivity index (χ4v) is 2.72. The highest BCUT2D eigenvalue weighted by Gasteiger charge is 2.11. The van der Waals surface area contributed by atoms with Crippen LogP contribution in [0.15, 0.2) is 45.9 Å². The maximum atomic E-state index is 12.1. The zero-order valence-electron chi connectivity index (χ0n) is 10.5. The Hall–Kier alpha value is -1.40. The van der Waals surface area contributed by atoms with Crippen LogP contribution < -0.4 is 5.32 Å². The van der Waals surface area contributed by atoms with Gasteiger partial charge in [-0.05, 0) is 46.3 Å². The molecule has 2 rings (SSSR count). The van der Waals surface area contributed by atoms with Gasteiger partial charge in [0.1, 0.15) is 5.69 Å². The van der Waals surface area contributed by atoms with Crippen LogP contribution in [0.1, 0.15) is 10.5 Å². The lowest BCUT2D eigenvalue weighted by atomic mass is 10.3. The van der Waals surface area contributed by atoms with E-state index in [-0.39, 0.29) is 5.91 Å². The van der Waals surface area contributed by atoms with Crippen molar-refractivity contribution >= 4 is 38.3 Å². The number of halogens is 1. The highest BCUT2D eigenvalue weighted by molar-refractivity contribution is 9.10. The molecular formula is C13H13BrN2O2S. The van der Waals surface area contributed by atoms with E-state index in [9.17, 15) is 9.00 Å². The van der Waals surface area contributed by atoms with Gasteiger partial charge in [0.25, 0.3) is 5.91 Å². The molecule has 1 aromatic carbocycles. The molecule has 1 amide bonds. The number of aromatic nitrogens is 1. The lowest BCUT2D eigenvalue weighted by Crippen LogP contribution is -2.15. The van der Waals surface area contributed by atoms with E-state index in [2.05, 4.69) is 21.2 Å². The first-order valence-corrected chi connectivity index (χ1v) is 7.89. The van der Waals surface area contributed by atoms with Gasteiger partial charge in [0.05, 0.1) is 0 Å². The Balaban J connectivity index is 2.15. The molecule has 0 fully saturated rings. The molecule has 0 bridgehead atoms. The smallest absolute Gasteiger partial charge is 0.272 e. The van der Waals surface area contributed by atoms with Crippen LogP contribution in [-0.2, 0) is 17.8 Å². The minimum atomic E-state index is -1.01. The normalized spacial score (nSPS) is 12.2. The fraction of sp³-hybridized carbons (Fsp3) is 0.154. The number of rotatable bonds is 3. The Morgan fingerprint density at radius 1 is 1.32 bits per heavy atom. The van der Waals surface area contributed by atoms with E-state index < -0.39 is 10.8 Å². The Morgan fingerprint density at radius 2 is 1.95 bits per heavy atom. The molecule has 1 atom stereocenters. The molecule has 2 aromatic rings. The maximum Gasteiger partial charge on any atom is 0.272 e. The quantitative estimate of drug-likeness (QED) is 0.933. The zero-order valence-corrected chi connectivity index (χ0v) is 12.9. The van der Waals surface area contributed by atoms with Crippen molar-refractivity contribution in [3.05, 3.63) is 46.7 Å².